The molecule has 2 N–H and O–H groups in total. The van der Waals surface area contributed by atoms with Gasteiger partial charge in [-0.1, -0.05) is 59.0 Å². The zero-order valence-electron chi connectivity index (χ0n) is 23.2. The highest BCUT2D eigenvalue weighted by atomic mass is 28.3. The molecule has 0 aliphatic heterocycles. The third kappa shape index (κ3) is 8.87. The van der Waals surface area contributed by atoms with Gasteiger partial charge >= 0.3 is 0 Å². The number of anilines is 2. The molecule has 1 unspecified atom stereocenters. The molecule has 2 aromatic carbocycles. The van der Waals surface area contributed by atoms with Crippen molar-refractivity contribution >= 4 is 40.5 Å². The van der Waals surface area contributed by atoms with Gasteiger partial charge in [-0.25, -0.2) is 18.7 Å². The van der Waals surface area contributed by atoms with Crippen LogP contribution in [0.25, 0.3) is 6.08 Å². The summed E-state index contributed by atoms with van der Waals surface area (Å²) in [4.78, 5) is 18.8. The SMILES string of the molecule is C=Cc1cc(C(=O)NOC(CO[Si](C)C)C(C)(C)C)c(Nc2ccc(C#C[Si](C)(C)C)cc2F)c(F)c1F. The highest BCUT2D eigenvalue weighted by Crippen LogP contribution is 2.31. The first-order valence-corrected chi connectivity index (χ1v) is 18.1. The maximum absolute atomic E-state index is 15.2. The second-order valence-electron chi connectivity index (χ2n) is 11.2. The summed E-state index contributed by atoms with van der Waals surface area (Å²) < 4.78 is 50.5. The minimum Gasteiger partial charge on any atom is -0.414 e. The number of hydrogen-bond donors (Lipinski definition) is 2. The number of hydroxylamine groups is 1. The van der Waals surface area contributed by atoms with Crippen LogP contribution in [0.4, 0.5) is 24.5 Å². The lowest BCUT2D eigenvalue weighted by Gasteiger charge is -2.30. The minimum absolute atomic E-state index is 0.148. The molecule has 1 radical (unpaired) electrons. The quantitative estimate of drug-likeness (QED) is 0.195. The Balaban J connectivity index is 2.42. The van der Waals surface area contributed by atoms with Gasteiger partial charge in [0.15, 0.2) is 11.6 Å². The first kappa shape index (κ1) is 31.4. The van der Waals surface area contributed by atoms with E-state index in [2.05, 4.69) is 48.5 Å². The molecule has 0 aliphatic carbocycles. The Kier molecular flexibility index (Phi) is 10.6. The van der Waals surface area contributed by atoms with E-state index in [1.165, 1.54) is 12.1 Å². The average molecular weight is 562 g/mol. The van der Waals surface area contributed by atoms with E-state index in [-0.39, 0.29) is 23.4 Å². The van der Waals surface area contributed by atoms with Crippen LogP contribution in [-0.4, -0.2) is 35.7 Å². The Morgan fingerprint density at radius 2 is 1.82 bits per heavy atom. The third-order valence-corrected chi connectivity index (χ3v) is 6.91. The molecular formula is C28H36F3N2O3Si2. The largest absolute Gasteiger partial charge is 0.414 e. The van der Waals surface area contributed by atoms with E-state index < -0.39 is 57.7 Å². The Labute approximate surface area is 226 Å². The molecular weight excluding hydrogens is 525 g/mol. The lowest BCUT2D eigenvalue weighted by Crippen LogP contribution is -2.41. The van der Waals surface area contributed by atoms with E-state index in [0.717, 1.165) is 12.1 Å². The maximum atomic E-state index is 15.2. The molecule has 1 atom stereocenters. The number of carbonyl (C=O) groups excluding carboxylic acids is 1. The summed E-state index contributed by atoms with van der Waals surface area (Å²) in [7, 11) is -2.68. The van der Waals surface area contributed by atoms with E-state index in [0.29, 0.717) is 5.56 Å². The van der Waals surface area contributed by atoms with Crippen LogP contribution in [0.2, 0.25) is 32.7 Å². The first-order chi connectivity index (χ1) is 17.5. The van der Waals surface area contributed by atoms with E-state index in [4.69, 9.17) is 9.26 Å². The molecule has 205 valence electrons. The first-order valence-electron chi connectivity index (χ1n) is 12.2. The van der Waals surface area contributed by atoms with E-state index in [1.807, 2.05) is 33.9 Å². The summed E-state index contributed by atoms with van der Waals surface area (Å²) in [5, 5.41) is 2.54. The van der Waals surface area contributed by atoms with Crippen molar-refractivity contribution in [2.24, 2.45) is 5.41 Å². The topological polar surface area (TPSA) is 59.6 Å². The third-order valence-electron chi connectivity index (χ3n) is 5.29. The molecule has 0 bridgehead atoms. The van der Waals surface area contributed by atoms with Gasteiger partial charge in [0, 0.05) is 11.1 Å². The van der Waals surface area contributed by atoms with Crippen molar-refractivity contribution in [2.45, 2.75) is 59.6 Å². The van der Waals surface area contributed by atoms with Crippen LogP contribution in [0.5, 0.6) is 0 Å². The molecule has 0 fully saturated rings. The second kappa shape index (κ2) is 12.8. The zero-order chi connectivity index (χ0) is 28.8. The summed E-state index contributed by atoms with van der Waals surface area (Å²) in [5.74, 6) is -1.21. The lowest BCUT2D eigenvalue weighted by atomic mass is 9.90. The summed E-state index contributed by atoms with van der Waals surface area (Å²) >= 11 is 0. The Morgan fingerprint density at radius 1 is 1.16 bits per heavy atom. The van der Waals surface area contributed by atoms with E-state index in [9.17, 15) is 13.6 Å². The van der Waals surface area contributed by atoms with Crippen LogP contribution in [0, 0.1) is 34.3 Å². The van der Waals surface area contributed by atoms with Crippen LogP contribution in [0.15, 0.2) is 30.8 Å². The fourth-order valence-corrected chi connectivity index (χ4v) is 4.07. The van der Waals surface area contributed by atoms with Gasteiger partial charge in [0.2, 0.25) is 9.04 Å². The molecule has 0 saturated carbocycles. The van der Waals surface area contributed by atoms with Crippen LogP contribution in [0.1, 0.15) is 42.3 Å². The highest BCUT2D eigenvalue weighted by molar-refractivity contribution is 6.83. The summed E-state index contributed by atoms with van der Waals surface area (Å²) in [6, 6.07) is 5.26. The van der Waals surface area contributed by atoms with Crippen molar-refractivity contribution < 1.29 is 27.2 Å². The van der Waals surface area contributed by atoms with Crippen LogP contribution in [0.3, 0.4) is 0 Å². The van der Waals surface area contributed by atoms with Crippen molar-refractivity contribution in [1.29, 1.82) is 0 Å². The second-order valence-corrected chi connectivity index (χ2v) is 18.0. The number of rotatable bonds is 9. The molecule has 10 heteroatoms. The Hall–Kier alpha value is -2.85. The summed E-state index contributed by atoms with van der Waals surface area (Å²) in [6.07, 6.45) is 0.568. The smallest absolute Gasteiger partial charge is 0.277 e. The summed E-state index contributed by atoms with van der Waals surface area (Å²) in [5.41, 5.74) is 4.34. The fraction of sp³-hybridized carbons (Fsp3) is 0.393. The molecule has 0 spiro atoms. The predicted molar refractivity (Wildman–Crippen MR) is 152 cm³/mol. The molecule has 2 rings (SSSR count). The van der Waals surface area contributed by atoms with Crippen LogP contribution < -0.4 is 10.8 Å². The number of benzene rings is 2. The average Bonchev–Trinajstić information content (AvgIpc) is 2.80. The molecule has 0 aliphatic rings. The number of nitrogens with one attached hydrogen (secondary N) is 2. The molecule has 5 nitrogen and oxygen atoms in total. The molecule has 38 heavy (non-hydrogen) atoms. The molecule has 0 aromatic heterocycles. The van der Waals surface area contributed by atoms with E-state index >= 15 is 4.39 Å². The maximum Gasteiger partial charge on any atom is 0.277 e. The van der Waals surface area contributed by atoms with Gasteiger partial charge in [-0.2, -0.15) is 0 Å². The normalized spacial score (nSPS) is 12.5. The summed E-state index contributed by atoms with van der Waals surface area (Å²) in [6.45, 7) is 19.6. The van der Waals surface area contributed by atoms with Gasteiger partial charge in [-0.05, 0) is 42.8 Å². The van der Waals surface area contributed by atoms with E-state index in [1.54, 1.807) is 6.07 Å². The molecule has 0 saturated heterocycles. The number of hydrogen-bond acceptors (Lipinski definition) is 4. The number of amides is 1. The number of halogens is 3. The molecule has 1 amide bonds. The Morgan fingerprint density at radius 3 is 2.34 bits per heavy atom. The molecule has 2 aromatic rings. The fourth-order valence-electron chi connectivity index (χ4n) is 3.07. The van der Waals surface area contributed by atoms with Crippen molar-refractivity contribution in [1.82, 2.24) is 5.48 Å². The molecule has 0 heterocycles. The van der Waals surface area contributed by atoms with Crippen molar-refractivity contribution in [3.63, 3.8) is 0 Å². The zero-order valence-corrected chi connectivity index (χ0v) is 25.2. The van der Waals surface area contributed by atoms with Crippen LogP contribution in [-0.2, 0) is 9.26 Å². The van der Waals surface area contributed by atoms with Crippen LogP contribution >= 0.6 is 0 Å². The van der Waals surface area contributed by atoms with Gasteiger partial charge in [0.25, 0.3) is 5.91 Å². The Bertz CT molecular complexity index is 1240. The predicted octanol–water partition coefficient (Wildman–Crippen LogP) is 7.06. The van der Waals surface area contributed by atoms with Crippen molar-refractivity contribution in [3.8, 4) is 11.5 Å². The minimum atomic E-state index is -1.68. The van der Waals surface area contributed by atoms with Gasteiger partial charge in [0.05, 0.1) is 23.5 Å². The monoisotopic (exact) mass is 561 g/mol. The number of carbonyl (C=O) groups is 1. The standard InChI is InChI=1S/C28H36F3N2O3Si2/c1-10-19-16-20(27(34)33-36-23(28(2,3)4)17-35-37(5)6)26(25(31)24(19)30)32-22-12-11-18(15-21(22)29)13-14-38(7,8)9/h10-12,15-16,23,32H,1,17H2,2-9H3,(H,33,34). The van der Waals surface area contributed by atoms with Gasteiger partial charge in [-0.3, -0.25) is 9.63 Å². The van der Waals surface area contributed by atoms with Gasteiger partial charge in [-0.15, -0.1) is 5.54 Å². The highest BCUT2D eigenvalue weighted by Gasteiger charge is 2.29. The lowest BCUT2D eigenvalue weighted by molar-refractivity contribution is -0.0839. The van der Waals surface area contributed by atoms with Crippen molar-refractivity contribution in [2.75, 3.05) is 11.9 Å². The van der Waals surface area contributed by atoms with Gasteiger partial charge < -0.3 is 9.74 Å². The van der Waals surface area contributed by atoms with Crippen molar-refractivity contribution in [3.05, 3.63) is 65.0 Å². The van der Waals surface area contributed by atoms with Gasteiger partial charge in [0.1, 0.15) is 20.0 Å².